The van der Waals surface area contributed by atoms with Crippen LogP contribution in [-0.4, -0.2) is 25.4 Å². The van der Waals surface area contributed by atoms with Crippen molar-refractivity contribution in [3.63, 3.8) is 0 Å². The van der Waals surface area contributed by atoms with Crippen LogP contribution in [0.2, 0.25) is 0 Å². The number of H-pyrrole nitrogens is 1. The van der Waals surface area contributed by atoms with Crippen molar-refractivity contribution in [3.8, 4) is 34.7 Å². The van der Waals surface area contributed by atoms with Crippen LogP contribution in [0.3, 0.4) is 0 Å². The van der Waals surface area contributed by atoms with Gasteiger partial charge in [-0.3, -0.25) is 0 Å². The Morgan fingerprint density at radius 3 is 2.03 bits per heavy atom. The van der Waals surface area contributed by atoms with E-state index in [0.29, 0.717) is 6.54 Å². The van der Waals surface area contributed by atoms with Gasteiger partial charge < -0.3 is 9.55 Å². The van der Waals surface area contributed by atoms with Gasteiger partial charge in [-0.05, 0) is 5.56 Å². The summed E-state index contributed by atoms with van der Waals surface area (Å²) in [6.07, 6.45) is 7.04. The summed E-state index contributed by atoms with van der Waals surface area (Å²) in [7, 11) is 0. The van der Waals surface area contributed by atoms with Gasteiger partial charge in [0.25, 0.3) is 0 Å². The third-order valence-electron chi connectivity index (χ3n) is 3.60. The van der Waals surface area contributed by atoms with E-state index in [-0.39, 0.29) is 13.3 Å². The van der Waals surface area contributed by atoms with Crippen LogP contribution >= 0.6 is 11.6 Å². The molecule has 152 valence electrons. The van der Waals surface area contributed by atoms with Gasteiger partial charge in [0.1, 0.15) is 12.4 Å². The molecule has 2 aromatic carbocycles. The number of imidazole rings is 2. The molecule has 30 heavy (non-hydrogen) atoms. The molecule has 0 unspecified atom stereocenters. The minimum atomic E-state index is 0. The Bertz CT molecular complexity index is 1030. The van der Waals surface area contributed by atoms with E-state index in [1.165, 1.54) is 5.56 Å². The lowest BCUT2D eigenvalue weighted by molar-refractivity contribution is 0.830. The molecule has 0 amide bonds. The molecule has 0 saturated carbocycles. The smallest absolute Gasteiger partial charge is 0.111 e. The zero-order valence-corrected chi connectivity index (χ0v) is 16.4. The van der Waals surface area contributed by atoms with Crippen molar-refractivity contribution in [2.24, 2.45) is 0 Å². The Labute approximate surface area is 182 Å². The first-order valence-corrected chi connectivity index (χ1v) is 9.22. The molecule has 0 aliphatic rings. The van der Waals surface area contributed by atoms with Gasteiger partial charge in [0, 0.05) is 11.8 Å². The molecule has 0 radical (unpaired) electrons. The Balaban J connectivity index is 0.000000253. The Morgan fingerprint density at radius 2 is 1.53 bits per heavy atom. The number of alkyl halides is 1. The van der Waals surface area contributed by atoms with Crippen molar-refractivity contribution >= 4 is 11.6 Å². The van der Waals surface area contributed by atoms with Crippen LogP contribution in [0.25, 0.3) is 22.5 Å². The molecular weight excluding hydrogens is 396 g/mol. The summed E-state index contributed by atoms with van der Waals surface area (Å²) in [5, 5.41) is 16.0. The van der Waals surface area contributed by atoms with Gasteiger partial charge in [-0.1, -0.05) is 68.1 Å². The fourth-order valence-corrected chi connectivity index (χ4v) is 2.32. The number of nitrogens with one attached hydrogen (secondary N) is 1. The molecule has 0 fully saturated rings. The topological polar surface area (TPSA) is 94.1 Å². The molecule has 0 aliphatic carbocycles. The number of hydrogen-bond donors (Lipinski definition) is 1. The molecule has 4 aromatic rings. The van der Waals surface area contributed by atoms with Gasteiger partial charge in [0.05, 0.1) is 42.4 Å². The van der Waals surface area contributed by atoms with Gasteiger partial charge in [-0.15, -0.1) is 11.6 Å². The fraction of sp³-hybridized carbons (Fsp3) is 0.130. The van der Waals surface area contributed by atoms with Crippen LogP contribution in [0.1, 0.15) is 7.43 Å². The third-order valence-corrected chi connectivity index (χ3v) is 3.72. The average molecular weight is 419 g/mol. The van der Waals surface area contributed by atoms with Gasteiger partial charge >= 0.3 is 0 Å². The summed E-state index contributed by atoms with van der Waals surface area (Å²) in [5.41, 5.74) is 4.21. The molecule has 0 bridgehead atoms. The standard InChI is InChI=1S/C11H9N3.C9H8N2.C2H2ClN.CH4/c12-6-7-14-8-11(13-9-14)10-4-2-1-3-5-10;1-2-4-8(5-3-1)9-6-10-7-11-9;3-1-2-4;/h1-5,8-9H,7H2;1-7H,(H,10,11);1H2;1H4. The van der Waals surface area contributed by atoms with E-state index in [1.807, 2.05) is 73.1 Å². The van der Waals surface area contributed by atoms with Crippen LogP contribution in [0.5, 0.6) is 0 Å². The van der Waals surface area contributed by atoms with E-state index in [1.54, 1.807) is 23.3 Å². The summed E-state index contributed by atoms with van der Waals surface area (Å²) >= 11 is 4.82. The lowest BCUT2D eigenvalue weighted by Gasteiger charge is -1.93. The lowest BCUT2D eigenvalue weighted by atomic mass is 10.2. The van der Waals surface area contributed by atoms with Crippen molar-refractivity contribution < 1.29 is 0 Å². The van der Waals surface area contributed by atoms with Crippen LogP contribution in [0, 0.1) is 22.7 Å². The lowest BCUT2D eigenvalue weighted by Crippen LogP contribution is -1.88. The highest BCUT2D eigenvalue weighted by atomic mass is 35.5. The average Bonchev–Trinajstić information content (AvgIpc) is 3.49. The molecule has 2 heterocycles. The van der Waals surface area contributed by atoms with Crippen molar-refractivity contribution in [2.75, 3.05) is 5.88 Å². The maximum absolute atomic E-state index is 8.50. The predicted molar refractivity (Wildman–Crippen MR) is 120 cm³/mol. The summed E-state index contributed by atoms with van der Waals surface area (Å²) in [5.74, 6) is 0.0972. The molecular formula is C23H23ClN6. The van der Waals surface area contributed by atoms with E-state index in [2.05, 4.69) is 21.0 Å². The highest BCUT2D eigenvalue weighted by Gasteiger charge is 2.00. The highest BCUT2D eigenvalue weighted by molar-refractivity contribution is 6.19. The molecule has 0 spiro atoms. The molecule has 2 aromatic heterocycles. The largest absolute Gasteiger partial charge is 0.345 e. The summed E-state index contributed by atoms with van der Waals surface area (Å²) in [6, 6.07) is 23.8. The molecule has 0 aliphatic heterocycles. The molecule has 1 N–H and O–H groups in total. The van der Waals surface area contributed by atoms with E-state index in [0.717, 1.165) is 17.0 Å². The minimum Gasteiger partial charge on any atom is -0.345 e. The summed E-state index contributed by atoms with van der Waals surface area (Å²) < 4.78 is 1.77. The van der Waals surface area contributed by atoms with Crippen LogP contribution < -0.4 is 0 Å². The summed E-state index contributed by atoms with van der Waals surface area (Å²) in [4.78, 5) is 11.2. The first kappa shape index (κ1) is 24.2. The van der Waals surface area contributed by atoms with Crippen molar-refractivity contribution in [3.05, 3.63) is 85.7 Å². The second kappa shape index (κ2) is 14.2. The van der Waals surface area contributed by atoms with E-state index in [4.69, 9.17) is 22.1 Å². The van der Waals surface area contributed by atoms with Crippen molar-refractivity contribution in [2.45, 2.75) is 14.0 Å². The molecule has 0 atom stereocenters. The maximum Gasteiger partial charge on any atom is 0.111 e. The summed E-state index contributed by atoms with van der Waals surface area (Å²) in [6.45, 7) is 0.347. The number of aromatic amines is 1. The van der Waals surface area contributed by atoms with Gasteiger partial charge in [0.2, 0.25) is 0 Å². The number of nitrogens with zero attached hydrogens (tertiary/aromatic N) is 5. The van der Waals surface area contributed by atoms with E-state index >= 15 is 0 Å². The fourth-order valence-electron chi connectivity index (χ4n) is 2.32. The highest BCUT2D eigenvalue weighted by Crippen LogP contribution is 2.15. The zero-order chi connectivity index (χ0) is 20.7. The first-order valence-electron chi connectivity index (χ1n) is 8.69. The zero-order valence-electron chi connectivity index (χ0n) is 15.6. The van der Waals surface area contributed by atoms with Gasteiger partial charge in [0.15, 0.2) is 0 Å². The number of aromatic nitrogens is 4. The SMILES string of the molecule is C.N#CCCl.N#CCn1cnc(-c2ccccc2)c1.c1ccc(-c2cnc[nH]2)cc1. The Kier molecular flexibility index (Phi) is 11.4. The molecule has 4 rings (SSSR count). The van der Waals surface area contributed by atoms with Crippen LogP contribution in [0.15, 0.2) is 85.7 Å². The Hall–Kier alpha value is -3.87. The first-order chi connectivity index (χ1) is 14.3. The second-order valence-corrected chi connectivity index (χ2v) is 5.85. The molecule has 7 heteroatoms. The number of rotatable bonds is 3. The quantitative estimate of drug-likeness (QED) is 0.442. The third kappa shape index (κ3) is 8.02. The van der Waals surface area contributed by atoms with Crippen molar-refractivity contribution in [1.82, 2.24) is 19.5 Å². The van der Waals surface area contributed by atoms with Crippen LogP contribution in [0.4, 0.5) is 0 Å². The minimum absolute atomic E-state index is 0. The van der Waals surface area contributed by atoms with Gasteiger partial charge in [-0.25, -0.2) is 9.97 Å². The molecule has 6 nitrogen and oxygen atoms in total. The van der Waals surface area contributed by atoms with Crippen molar-refractivity contribution in [1.29, 1.82) is 10.5 Å². The second-order valence-electron chi connectivity index (χ2n) is 5.58. The Morgan fingerprint density at radius 1 is 0.933 bits per heavy atom. The number of halogens is 1. The van der Waals surface area contributed by atoms with Crippen LogP contribution in [-0.2, 0) is 6.54 Å². The van der Waals surface area contributed by atoms with E-state index in [9.17, 15) is 0 Å². The number of nitriles is 2. The molecule has 0 saturated heterocycles. The maximum atomic E-state index is 8.50. The monoisotopic (exact) mass is 418 g/mol. The van der Waals surface area contributed by atoms with Gasteiger partial charge in [-0.2, -0.15) is 10.5 Å². The number of benzene rings is 2. The number of hydrogen-bond acceptors (Lipinski definition) is 4. The normalized spacial score (nSPS) is 8.77. The predicted octanol–water partition coefficient (Wildman–Crippen LogP) is 5.54. The van der Waals surface area contributed by atoms with E-state index < -0.39 is 0 Å².